The second kappa shape index (κ2) is 8.35. The molecular formula is C18H25N3O3. The van der Waals surface area contributed by atoms with Crippen molar-refractivity contribution in [1.29, 1.82) is 0 Å². The normalized spacial score (nSPS) is 22.3. The van der Waals surface area contributed by atoms with Crippen LogP contribution < -0.4 is 0 Å². The average Bonchev–Trinajstić information content (AvgIpc) is 2.67. The second-order valence-electron chi connectivity index (χ2n) is 6.46. The van der Waals surface area contributed by atoms with Gasteiger partial charge >= 0.3 is 0 Å². The van der Waals surface area contributed by atoms with E-state index in [0.29, 0.717) is 12.1 Å². The molecule has 130 valence electrons. The lowest BCUT2D eigenvalue weighted by Crippen LogP contribution is -2.48. The lowest BCUT2D eigenvalue weighted by Gasteiger charge is -2.37. The largest absolute Gasteiger partial charge is 0.379 e. The maximum atomic E-state index is 12.7. The molecule has 3 rings (SSSR count). The highest BCUT2D eigenvalue weighted by molar-refractivity contribution is 6.42. The number of likely N-dealkylation sites (tertiary alicyclic amines) is 1. The van der Waals surface area contributed by atoms with Crippen molar-refractivity contribution in [2.75, 3.05) is 39.4 Å². The van der Waals surface area contributed by atoms with E-state index < -0.39 is 5.78 Å². The van der Waals surface area contributed by atoms with Crippen LogP contribution in [0.1, 0.15) is 36.0 Å². The lowest BCUT2D eigenvalue weighted by atomic mass is 9.97. The van der Waals surface area contributed by atoms with Gasteiger partial charge in [0.05, 0.1) is 13.2 Å². The van der Waals surface area contributed by atoms with E-state index in [-0.39, 0.29) is 11.9 Å². The quantitative estimate of drug-likeness (QED) is 0.602. The van der Waals surface area contributed by atoms with Crippen LogP contribution in [0.2, 0.25) is 0 Å². The van der Waals surface area contributed by atoms with E-state index >= 15 is 0 Å². The summed E-state index contributed by atoms with van der Waals surface area (Å²) in [5.41, 5.74) is 0.375. The van der Waals surface area contributed by atoms with Crippen molar-refractivity contribution in [3.8, 4) is 0 Å². The van der Waals surface area contributed by atoms with Gasteiger partial charge in [0.2, 0.25) is 0 Å². The number of nitrogens with zero attached hydrogens (tertiary/aromatic N) is 3. The van der Waals surface area contributed by atoms with Crippen molar-refractivity contribution in [3.05, 3.63) is 30.1 Å². The molecule has 0 spiro atoms. The molecule has 0 bridgehead atoms. The van der Waals surface area contributed by atoms with E-state index in [0.717, 1.165) is 58.5 Å². The molecule has 24 heavy (non-hydrogen) atoms. The summed E-state index contributed by atoms with van der Waals surface area (Å²) in [6.45, 7) is 5.11. The Kier molecular flexibility index (Phi) is 5.93. The summed E-state index contributed by atoms with van der Waals surface area (Å²) in [4.78, 5) is 33.2. The van der Waals surface area contributed by atoms with Crippen LogP contribution >= 0.6 is 0 Å². The molecule has 3 heterocycles. The predicted octanol–water partition coefficient (Wildman–Crippen LogP) is 1.37. The summed E-state index contributed by atoms with van der Waals surface area (Å²) >= 11 is 0. The van der Waals surface area contributed by atoms with E-state index in [1.165, 1.54) is 6.20 Å². The van der Waals surface area contributed by atoms with Crippen molar-refractivity contribution < 1.29 is 14.3 Å². The van der Waals surface area contributed by atoms with Crippen LogP contribution in [0, 0.1) is 0 Å². The third kappa shape index (κ3) is 4.19. The standard InChI is InChI=1S/C18H25N3O3/c22-17(15-4-3-7-19-14-15)18(23)21-8-2-1-5-16(21)6-9-20-10-12-24-13-11-20/h3-4,7,14,16H,1-2,5-6,8-13H2. The molecule has 6 heteroatoms. The number of piperidine rings is 1. The molecule has 6 nitrogen and oxygen atoms in total. The monoisotopic (exact) mass is 331 g/mol. The Labute approximate surface area is 142 Å². The van der Waals surface area contributed by atoms with Gasteiger partial charge in [-0.3, -0.25) is 19.5 Å². The predicted molar refractivity (Wildman–Crippen MR) is 89.8 cm³/mol. The van der Waals surface area contributed by atoms with Gasteiger partial charge in [0.15, 0.2) is 0 Å². The molecule has 1 unspecified atom stereocenters. The molecule has 1 atom stereocenters. The molecule has 2 aliphatic heterocycles. The number of amides is 1. The molecule has 0 saturated carbocycles. The number of rotatable bonds is 5. The first-order chi connectivity index (χ1) is 11.8. The third-order valence-electron chi connectivity index (χ3n) is 4.89. The van der Waals surface area contributed by atoms with E-state index in [2.05, 4.69) is 9.88 Å². The van der Waals surface area contributed by atoms with Gasteiger partial charge in [-0.05, 0) is 37.8 Å². The maximum Gasteiger partial charge on any atom is 0.295 e. The van der Waals surface area contributed by atoms with Crippen molar-refractivity contribution in [3.63, 3.8) is 0 Å². The number of Topliss-reactive ketones (excluding diaryl/α,β-unsaturated/α-hetero) is 1. The van der Waals surface area contributed by atoms with Crippen LogP contribution in [-0.4, -0.2) is 71.9 Å². The highest BCUT2D eigenvalue weighted by Gasteiger charge is 2.31. The Morgan fingerprint density at radius 1 is 1.21 bits per heavy atom. The molecular weight excluding hydrogens is 306 g/mol. The van der Waals surface area contributed by atoms with Gasteiger partial charge in [-0.15, -0.1) is 0 Å². The third-order valence-corrected chi connectivity index (χ3v) is 4.89. The number of pyridine rings is 1. The number of ether oxygens (including phenoxy) is 1. The molecule has 0 aliphatic carbocycles. The Hall–Kier alpha value is -1.79. The number of hydrogen-bond donors (Lipinski definition) is 0. The number of hydrogen-bond acceptors (Lipinski definition) is 5. The van der Waals surface area contributed by atoms with Crippen molar-refractivity contribution in [1.82, 2.24) is 14.8 Å². The lowest BCUT2D eigenvalue weighted by molar-refractivity contribution is -0.130. The van der Waals surface area contributed by atoms with Crippen LogP contribution in [0.25, 0.3) is 0 Å². The second-order valence-corrected chi connectivity index (χ2v) is 6.46. The van der Waals surface area contributed by atoms with E-state index in [1.54, 1.807) is 23.2 Å². The van der Waals surface area contributed by atoms with Gasteiger partial charge in [0.1, 0.15) is 0 Å². The Morgan fingerprint density at radius 3 is 2.79 bits per heavy atom. The summed E-state index contributed by atoms with van der Waals surface area (Å²) in [7, 11) is 0. The first-order valence-corrected chi connectivity index (χ1v) is 8.81. The summed E-state index contributed by atoms with van der Waals surface area (Å²) in [5.74, 6) is -0.823. The Morgan fingerprint density at radius 2 is 2.04 bits per heavy atom. The summed E-state index contributed by atoms with van der Waals surface area (Å²) < 4.78 is 5.37. The summed E-state index contributed by atoms with van der Waals surface area (Å²) in [6.07, 6.45) is 7.07. The highest BCUT2D eigenvalue weighted by atomic mass is 16.5. The maximum absolute atomic E-state index is 12.7. The zero-order valence-electron chi connectivity index (χ0n) is 14.0. The highest BCUT2D eigenvalue weighted by Crippen LogP contribution is 2.21. The van der Waals surface area contributed by atoms with Crippen LogP contribution in [0.5, 0.6) is 0 Å². The average molecular weight is 331 g/mol. The molecule has 1 amide bonds. The number of carbonyl (C=O) groups excluding carboxylic acids is 2. The zero-order chi connectivity index (χ0) is 16.8. The van der Waals surface area contributed by atoms with Crippen LogP contribution in [0.4, 0.5) is 0 Å². The summed E-state index contributed by atoms with van der Waals surface area (Å²) in [6, 6.07) is 3.50. The molecule has 0 aromatic carbocycles. The van der Waals surface area contributed by atoms with Gasteiger partial charge in [-0.1, -0.05) is 0 Å². The topological polar surface area (TPSA) is 62.7 Å². The molecule has 0 radical (unpaired) electrons. The van der Waals surface area contributed by atoms with Gasteiger partial charge in [0.25, 0.3) is 11.7 Å². The van der Waals surface area contributed by atoms with Crippen LogP contribution in [-0.2, 0) is 9.53 Å². The Bertz CT molecular complexity index is 558. The smallest absolute Gasteiger partial charge is 0.295 e. The zero-order valence-corrected chi connectivity index (χ0v) is 14.0. The molecule has 0 N–H and O–H groups in total. The first-order valence-electron chi connectivity index (χ1n) is 8.81. The van der Waals surface area contributed by atoms with E-state index in [4.69, 9.17) is 4.74 Å². The van der Waals surface area contributed by atoms with Gasteiger partial charge in [-0.2, -0.15) is 0 Å². The number of aromatic nitrogens is 1. The fourth-order valence-corrected chi connectivity index (χ4v) is 3.48. The van der Waals surface area contributed by atoms with Crippen molar-refractivity contribution >= 4 is 11.7 Å². The fraction of sp³-hybridized carbons (Fsp3) is 0.611. The van der Waals surface area contributed by atoms with Crippen molar-refractivity contribution in [2.45, 2.75) is 31.7 Å². The van der Waals surface area contributed by atoms with Gasteiger partial charge in [0, 0.05) is 50.2 Å². The van der Waals surface area contributed by atoms with Gasteiger partial charge < -0.3 is 9.64 Å². The molecule has 2 saturated heterocycles. The van der Waals surface area contributed by atoms with E-state index in [1.807, 2.05) is 0 Å². The minimum absolute atomic E-state index is 0.162. The van der Waals surface area contributed by atoms with Crippen molar-refractivity contribution in [2.24, 2.45) is 0 Å². The molecule has 1 aromatic heterocycles. The minimum atomic E-state index is -0.443. The van der Waals surface area contributed by atoms with Crippen LogP contribution in [0.3, 0.4) is 0 Å². The fourth-order valence-electron chi connectivity index (χ4n) is 3.48. The van der Waals surface area contributed by atoms with Gasteiger partial charge in [-0.25, -0.2) is 0 Å². The first kappa shape index (κ1) is 17.0. The number of morpholine rings is 1. The Balaban J connectivity index is 1.60. The van der Waals surface area contributed by atoms with E-state index in [9.17, 15) is 9.59 Å². The number of carbonyl (C=O) groups is 2. The van der Waals surface area contributed by atoms with Crippen LogP contribution in [0.15, 0.2) is 24.5 Å². The molecule has 1 aromatic rings. The molecule has 2 fully saturated rings. The summed E-state index contributed by atoms with van der Waals surface area (Å²) in [5, 5.41) is 0. The molecule has 2 aliphatic rings. The minimum Gasteiger partial charge on any atom is -0.379 e. The SMILES string of the molecule is O=C(C(=O)N1CCCCC1CCN1CCOCC1)c1cccnc1. The number of ketones is 1.